The first-order valence-electron chi connectivity index (χ1n) is 12.7. The van der Waals surface area contributed by atoms with Crippen LogP contribution in [0.2, 0.25) is 5.02 Å². The number of nitrogens with one attached hydrogen (secondary N) is 2. The number of ether oxygens (including phenoxy) is 1. The lowest BCUT2D eigenvalue weighted by Crippen LogP contribution is -2.51. The Bertz CT molecular complexity index is 1360. The standard InChI is InChI=1S/C27H31ClF2N2O6S/c1-15(38-2)14-31-25(33)13-27(35)17-4-5-18(27)11-20(10-17)39(36,37)24-9-16(3-7-21(24)28)26(34)32-19-6-8-22(29)23(30)12-19/h3,6-9,12,15,17-18,20,35H,4-5,10-11,13-14H2,1-2H3,(H,31,33)(H,32,34)/t15-,17+,18?,20?,27?/m1/s1. The Balaban J connectivity index is 1.50. The van der Waals surface area contributed by atoms with Gasteiger partial charge in [0.1, 0.15) is 0 Å². The van der Waals surface area contributed by atoms with Crippen LogP contribution < -0.4 is 10.6 Å². The van der Waals surface area contributed by atoms with Gasteiger partial charge in [0, 0.05) is 31.0 Å². The van der Waals surface area contributed by atoms with E-state index in [-0.39, 0.29) is 64.3 Å². The molecule has 3 unspecified atom stereocenters. The Kier molecular flexibility index (Phi) is 8.65. The predicted molar refractivity (Wildman–Crippen MR) is 141 cm³/mol. The molecular weight excluding hydrogens is 554 g/mol. The van der Waals surface area contributed by atoms with Gasteiger partial charge >= 0.3 is 0 Å². The van der Waals surface area contributed by atoms with Gasteiger partial charge in [0.25, 0.3) is 5.91 Å². The number of fused-ring (bicyclic) bond motifs is 2. The lowest BCUT2D eigenvalue weighted by Gasteiger charge is -2.42. The Morgan fingerprint density at radius 1 is 1.13 bits per heavy atom. The molecule has 2 aromatic rings. The van der Waals surface area contributed by atoms with E-state index in [0.29, 0.717) is 19.4 Å². The van der Waals surface area contributed by atoms with Crippen molar-refractivity contribution in [1.82, 2.24) is 5.32 Å². The van der Waals surface area contributed by atoms with E-state index in [1.165, 1.54) is 31.4 Å². The van der Waals surface area contributed by atoms with Gasteiger partial charge in [0.05, 0.1) is 33.3 Å². The maximum absolute atomic E-state index is 13.7. The Morgan fingerprint density at radius 2 is 1.79 bits per heavy atom. The van der Waals surface area contributed by atoms with Crippen LogP contribution in [0.25, 0.3) is 0 Å². The van der Waals surface area contributed by atoms with Gasteiger partial charge in [-0.1, -0.05) is 11.6 Å². The molecule has 0 heterocycles. The van der Waals surface area contributed by atoms with E-state index in [0.717, 1.165) is 12.1 Å². The highest BCUT2D eigenvalue weighted by Gasteiger charge is 2.56. The predicted octanol–water partition coefficient (Wildman–Crippen LogP) is 4.11. The van der Waals surface area contributed by atoms with Gasteiger partial charge in [-0.15, -0.1) is 0 Å². The van der Waals surface area contributed by atoms with Gasteiger partial charge in [-0.2, -0.15) is 0 Å². The first-order valence-corrected chi connectivity index (χ1v) is 14.6. The molecule has 0 saturated heterocycles. The fourth-order valence-corrected chi connectivity index (χ4v) is 8.03. The molecule has 0 aromatic heterocycles. The highest BCUT2D eigenvalue weighted by molar-refractivity contribution is 7.92. The van der Waals surface area contributed by atoms with Crippen LogP contribution in [0.1, 0.15) is 49.4 Å². The summed E-state index contributed by atoms with van der Waals surface area (Å²) < 4.78 is 59.3. The van der Waals surface area contributed by atoms with E-state index in [2.05, 4.69) is 10.6 Å². The summed E-state index contributed by atoms with van der Waals surface area (Å²) in [6.07, 6.45) is 1.20. The van der Waals surface area contributed by atoms with Crippen LogP contribution in [0.4, 0.5) is 14.5 Å². The van der Waals surface area contributed by atoms with E-state index in [1.54, 1.807) is 6.92 Å². The number of carbonyl (C=O) groups excluding carboxylic acids is 2. The fraction of sp³-hybridized carbons (Fsp3) is 0.481. The monoisotopic (exact) mass is 584 g/mol. The van der Waals surface area contributed by atoms with Crippen molar-refractivity contribution in [2.45, 2.75) is 60.9 Å². The maximum atomic E-state index is 13.7. The third kappa shape index (κ3) is 6.11. The Hall–Kier alpha value is -2.60. The second-order valence-corrected chi connectivity index (χ2v) is 13.0. The normalized spacial score (nSPS) is 25.2. The summed E-state index contributed by atoms with van der Waals surface area (Å²) in [5.41, 5.74) is -1.33. The van der Waals surface area contributed by atoms with E-state index in [9.17, 15) is 31.9 Å². The zero-order chi connectivity index (χ0) is 28.5. The van der Waals surface area contributed by atoms with E-state index >= 15 is 0 Å². The van der Waals surface area contributed by atoms with Crippen LogP contribution >= 0.6 is 11.6 Å². The van der Waals surface area contributed by atoms with Crippen LogP contribution in [0.15, 0.2) is 41.3 Å². The van der Waals surface area contributed by atoms with Crippen molar-refractivity contribution in [2.75, 3.05) is 19.0 Å². The molecule has 12 heteroatoms. The minimum absolute atomic E-state index is 0.00196. The molecule has 4 rings (SSSR count). The molecule has 2 saturated carbocycles. The van der Waals surface area contributed by atoms with Gasteiger partial charge in [0.15, 0.2) is 21.5 Å². The van der Waals surface area contributed by atoms with Crippen molar-refractivity contribution in [2.24, 2.45) is 11.8 Å². The minimum Gasteiger partial charge on any atom is -0.389 e. The summed E-state index contributed by atoms with van der Waals surface area (Å²) in [6, 6.07) is 6.67. The van der Waals surface area contributed by atoms with Crippen LogP contribution in [-0.4, -0.2) is 55.9 Å². The highest BCUT2D eigenvalue weighted by atomic mass is 35.5. The van der Waals surface area contributed by atoms with Crippen molar-refractivity contribution in [3.8, 4) is 0 Å². The number of methoxy groups -OCH3 is 1. The number of benzene rings is 2. The van der Waals surface area contributed by atoms with E-state index < -0.39 is 38.2 Å². The summed E-state index contributed by atoms with van der Waals surface area (Å²) in [6.45, 7) is 2.11. The molecule has 2 fully saturated rings. The summed E-state index contributed by atoms with van der Waals surface area (Å²) in [5, 5.41) is 15.7. The molecule has 3 N–H and O–H groups in total. The molecular formula is C27H31ClF2N2O6S. The first kappa shape index (κ1) is 29.4. The summed E-state index contributed by atoms with van der Waals surface area (Å²) >= 11 is 6.27. The first-order chi connectivity index (χ1) is 18.3. The highest BCUT2D eigenvalue weighted by Crippen LogP contribution is 2.53. The molecule has 0 spiro atoms. The molecule has 212 valence electrons. The van der Waals surface area contributed by atoms with Crippen molar-refractivity contribution >= 4 is 38.9 Å². The van der Waals surface area contributed by atoms with Crippen molar-refractivity contribution < 1.29 is 36.6 Å². The van der Waals surface area contributed by atoms with Crippen LogP contribution in [-0.2, 0) is 19.4 Å². The fourth-order valence-electron chi connectivity index (χ4n) is 5.63. The number of amides is 2. The van der Waals surface area contributed by atoms with Crippen molar-refractivity contribution in [3.63, 3.8) is 0 Å². The number of carbonyl (C=O) groups is 2. The lowest BCUT2D eigenvalue weighted by molar-refractivity contribution is -0.133. The zero-order valence-electron chi connectivity index (χ0n) is 21.5. The molecule has 2 aliphatic carbocycles. The molecule has 8 nitrogen and oxygen atoms in total. The number of halogens is 3. The number of hydrogen-bond acceptors (Lipinski definition) is 6. The topological polar surface area (TPSA) is 122 Å². The average Bonchev–Trinajstić information content (AvgIpc) is 3.05. The van der Waals surface area contributed by atoms with E-state index in [4.69, 9.17) is 16.3 Å². The largest absolute Gasteiger partial charge is 0.389 e. The van der Waals surface area contributed by atoms with Crippen LogP contribution in [0, 0.1) is 23.5 Å². The lowest BCUT2D eigenvalue weighted by atomic mass is 9.72. The molecule has 2 amide bonds. The summed E-state index contributed by atoms with van der Waals surface area (Å²) in [4.78, 5) is 25.1. The quantitative estimate of drug-likeness (QED) is 0.408. The second-order valence-electron chi connectivity index (χ2n) is 10.4. The number of anilines is 1. The Morgan fingerprint density at radius 3 is 2.41 bits per heavy atom. The number of sulfone groups is 1. The smallest absolute Gasteiger partial charge is 0.255 e. The molecule has 2 aromatic carbocycles. The van der Waals surface area contributed by atoms with Gasteiger partial charge in [-0.05, 0) is 74.8 Å². The van der Waals surface area contributed by atoms with Gasteiger partial charge < -0.3 is 20.5 Å². The molecule has 2 aliphatic rings. The minimum atomic E-state index is -4.01. The van der Waals surface area contributed by atoms with Crippen LogP contribution in [0.3, 0.4) is 0 Å². The SMILES string of the molecule is CO[C@H](C)CNC(=O)CC1(O)C2CC[C@H]1CC(S(=O)(=O)c1cc(C(=O)Nc3ccc(F)c(F)c3)ccc1Cl)C2. The number of rotatable bonds is 9. The molecule has 39 heavy (non-hydrogen) atoms. The number of aliphatic hydroxyl groups is 1. The van der Waals surface area contributed by atoms with E-state index in [1.807, 2.05) is 0 Å². The third-order valence-electron chi connectivity index (χ3n) is 7.92. The molecule has 0 aliphatic heterocycles. The zero-order valence-corrected chi connectivity index (χ0v) is 23.1. The summed E-state index contributed by atoms with van der Waals surface area (Å²) in [7, 11) is -2.48. The molecule has 5 atom stereocenters. The van der Waals surface area contributed by atoms with Crippen molar-refractivity contribution in [3.05, 3.63) is 58.6 Å². The average molecular weight is 585 g/mol. The Labute approximate surface area is 231 Å². The molecule has 2 bridgehead atoms. The summed E-state index contributed by atoms with van der Waals surface area (Å²) in [5.74, 6) is -4.02. The third-order valence-corrected chi connectivity index (χ3v) is 10.6. The maximum Gasteiger partial charge on any atom is 0.255 e. The van der Waals surface area contributed by atoms with Gasteiger partial charge in [-0.25, -0.2) is 17.2 Å². The van der Waals surface area contributed by atoms with Crippen molar-refractivity contribution in [1.29, 1.82) is 0 Å². The number of hydrogen-bond donors (Lipinski definition) is 3. The van der Waals surface area contributed by atoms with Gasteiger partial charge in [-0.3, -0.25) is 9.59 Å². The van der Waals surface area contributed by atoms with Crippen LogP contribution in [0.5, 0.6) is 0 Å². The second kappa shape index (κ2) is 11.5. The van der Waals surface area contributed by atoms with Gasteiger partial charge in [0.2, 0.25) is 5.91 Å². The molecule has 0 radical (unpaired) electrons.